The minimum Gasteiger partial charge on any atom is -0.396 e. The SMILES string of the molecule is Cc1nonc1CSCCO. The van der Waals surface area contributed by atoms with Gasteiger partial charge in [0.25, 0.3) is 0 Å². The van der Waals surface area contributed by atoms with Crippen molar-refractivity contribution in [3.8, 4) is 0 Å². The number of aliphatic hydroxyl groups is 1. The van der Waals surface area contributed by atoms with E-state index in [9.17, 15) is 0 Å². The lowest BCUT2D eigenvalue weighted by atomic mass is 10.4. The molecule has 4 nitrogen and oxygen atoms in total. The van der Waals surface area contributed by atoms with E-state index in [2.05, 4.69) is 14.9 Å². The van der Waals surface area contributed by atoms with Crippen molar-refractivity contribution < 1.29 is 9.74 Å². The Morgan fingerprint density at radius 1 is 1.55 bits per heavy atom. The quantitative estimate of drug-likeness (QED) is 0.677. The molecule has 0 aliphatic carbocycles. The van der Waals surface area contributed by atoms with E-state index in [4.69, 9.17) is 5.11 Å². The predicted octanol–water partition coefficient (Wildman–Crippen LogP) is 0.604. The number of thioether (sulfide) groups is 1. The summed E-state index contributed by atoms with van der Waals surface area (Å²) < 4.78 is 4.50. The second kappa shape index (κ2) is 4.35. The number of hydrogen-bond donors (Lipinski definition) is 1. The molecule has 0 saturated carbocycles. The van der Waals surface area contributed by atoms with E-state index in [1.165, 1.54) is 0 Å². The number of aromatic nitrogens is 2. The summed E-state index contributed by atoms with van der Waals surface area (Å²) in [5, 5.41) is 15.8. The Morgan fingerprint density at radius 3 is 2.91 bits per heavy atom. The highest BCUT2D eigenvalue weighted by molar-refractivity contribution is 7.98. The van der Waals surface area contributed by atoms with Crippen molar-refractivity contribution in [3.63, 3.8) is 0 Å². The van der Waals surface area contributed by atoms with E-state index in [-0.39, 0.29) is 6.61 Å². The summed E-state index contributed by atoms with van der Waals surface area (Å²) in [7, 11) is 0. The molecule has 0 spiro atoms. The summed E-state index contributed by atoms with van der Waals surface area (Å²) in [6.07, 6.45) is 0. The number of rotatable bonds is 4. The van der Waals surface area contributed by atoms with Crippen molar-refractivity contribution in [2.75, 3.05) is 12.4 Å². The van der Waals surface area contributed by atoms with Crippen LogP contribution in [-0.4, -0.2) is 27.8 Å². The van der Waals surface area contributed by atoms with E-state index >= 15 is 0 Å². The molecule has 1 N–H and O–H groups in total. The molecule has 5 heteroatoms. The predicted molar refractivity (Wildman–Crippen MR) is 42.3 cm³/mol. The normalized spacial score (nSPS) is 10.4. The average molecular weight is 174 g/mol. The Kier molecular flexibility index (Phi) is 3.38. The minimum absolute atomic E-state index is 0.203. The van der Waals surface area contributed by atoms with Gasteiger partial charge in [0.2, 0.25) is 0 Å². The summed E-state index contributed by atoms with van der Waals surface area (Å²) >= 11 is 1.61. The van der Waals surface area contributed by atoms with Crippen molar-refractivity contribution >= 4 is 11.8 Å². The third-order valence-electron chi connectivity index (χ3n) is 1.22. The van der Waals surface area contributed by atoms with Gasteiger partial charge in [-0.1, -0.05) is 10.3 Å². The third kappa shape index (κ3) is 2.51. The zero-order valence-corrected chi connectivity index (χ0v) is 7.10. The molecule has 0 aliphatic heterocycles. The van der Waals surface area contributed by atoms with E-state index in [0.29, 0.717) is 0 Å². The smallest absolute Gasteiger partial charge is 0.117 e. The van der Waals surface area contributed by atoms with Gasteiger partial charge in [-0.05, 0) is 6.92 Å². The summed E-state index contributed by atoms with van der Waals surface area (Å²) in [6.45, 7) is 2.06. The van der Waals surface area contributed by atoms with Crippen LogP contribution in [0.3, 0.4) is 0 Å². The summed E-state index contributed by atoms with van der Waals surface area (Å²) in [4.78, 5) is 0. The van der Waals surface area contributed by atoms with Crippen molar-refractivity contribution in [1.82, 2.24) is 10.3 Å². The van der Waals surface area contributed by atoms with Crippen LogP contribution < -0.4 is 0 Å². The van der Waals surface area contributed by atoms with Gasteiger partial charge in [-0.3, -0.25) is 0 Å². The fraction of sp³-hybridized carbons (Fsp3) is 0.667. The van der Waals surface area contributed by atoms with Gasteiger partial charge in [0, 0.05) is 11.5 Å². The molecule has 1 rings (SSSR count). The lowest BCUT2D eigenvalue weighted by molar-refractivity contribution is 0.302. The first-order chi connectivity index (χ1) is 5.34. The maximum Gasteiger partial charge on any atom is 0.117 e. The Morgan fingerprint density at radius 2 is 2.36 bits per heavy atom. The van der Waals surface area contributed by atoms with Gasteiger partial charge in [0.05, 0.1) is 6.61 Å². The van der Waals surface area contributed by atoms with E-state index in [0.717, 1.165) is 22.9 Å². The molecular formula is C6H10N2O2S. The van der Waals surface area contributed by atoms with Crippen LogP contribution >= 0.6 is 11.8 Å². The summed E-state index contributed by atoms with van der Waals surface area (Å²) in [5.41, 5.74) is 1.69. The van der Waals surface area contributed by atoms with E-state index in [1.54, 1.807) is 11.8 Å². The molecule has 0 amide bonds. The first-order valence-corrected chi connectivity index (χ1v) is 4.46. The number of hydrogen-bond acceptors (Lipinski definition) is 5. The van der Waals surface area contributed by atoms with Crippen LogP contribution in [0.1, 0.15) is 11.4 Å². The van der Waals surface area contributed by atoms with Crippen molar-refractivity contribution in [2.45, 2.75) is 12.7 Å². The monoisotopic (exact) mass is 174 g/mol. The van der Waals surface area contributed by atoms with E-state index in [1.807, 2.05) is 6.92 Å². The topological polar surface area (TPSA) is 59.2 Å². The summed E-state index contributed by atoms with van der Waals surface area (Å²) in [5.74, 6) is 1.49. The van der Waals surface area contributed by atoms with E-state index < -0.39 is 0 Å². The van der Waals surface area contributed by atoms with Gasteiger partial charge < -0.3 is 5.11 Å². The van der Waals surface area contributed by atoms with Crippen LogP contribution in [0.15, 0.2) is 4.63 Å². The molecular weight excluding hydrogens is 164 g/mol. The first kappa shape index (κ1) is 8.55. The first-order valence-electron chi connectivity index (χ1n) is 3.31. The highest BCUT2D eigenvalue weighted by Crippen LogP contribution is 2.11. The maximum absolute atomic E-state index is 8.48. The molecule has 0 unspecified atom stereocenters. The highest BCUT2D eigenvalue weighted by atomic mass is 32.2. The minimum atomic E-state index is 0.203. The second-order valence-electron chi connectivity index (χ2n) is 2.07. The van der Waals surface area contributed by atoms with Crippen molar-refractivity contribution in [2.24, 2.45) is 0 Å². The molecule has 0 atom stereocenters. The Bertz CT molecular complexity index is 214. The Hall–Kier alpha value is -0.550. The van der Waals surface area contributed by atoms with Crippen molar-refractivity contribution in [1.29, 1.82) is 0 Å². The number of nitrogens with zero attached hydrogens (tertiary/aromatic N) is 2. The molecule has 62 valence electrons. The zero-order chi connectivity index (χ0) is 8.10. The van der Waals surface area contributed by atoms with Crippen LogP contribution in [0.5, 0.6) is 0 Å². The molecule has 11 heavy (non-hydrogen) atoms. The second-order valence-corrected chi connectivity index (χ2v) is 3.18. The molecule has 1 aromatic heterocycles. The van der Waals surface area contributed by atoms with Crippen LogP contribution in [0.2, 0.25) is 0 Å². The van der Waals surface area contributed by atoms with Crippen molar-refractivity contribution in [3.05, 3.63) is 11.4 Å². The van der Waals surface area contributed by atoms with Gasteiger partial charge in [-0.15, -0.1) is 0 Å². The van der Waals surface area contributed by atoms with Gasteiger partial charge in [-0.2, -0.15) is 11.8 Å². The van der Waals surface area contributed by atoms with Crippen LogP contribution in [-0.2, 0) is 5.75 Å². The zero-order valence-electron chi connectivity index (χ0n) is 6.28. The van der Waals surface area contributed by atoms with Crippen LogP contribution in [0.4, 0.5) is 0 Å². The Balaban J connectivity index is 2.32. The maximum atomic E-state index is 8.48. The fourth-order valence-corrected chi connectivity index (χ4v) is 1.34. The van der Waals surface area contributed by atoms with Gasteiger partial charge in [0.15, 0.2) is 0 Å². The highest BCUT2D eigenvalue weighted by Gasteiger charge is 2.03. The number of aryl methyl sites for hydroxylation is 1. The average Bonchev–Trinajstić information content (AvgIpc) is 2.37. The standard InChI is InChI=1S/C6H10N2O2S/c1-5-6(8-10-7-5)4-11-3-2-9/h9H,2-4H2,1H3. The molecule has 0 aliphatic rings. The lowest BCUT2D eigenvalue weighted by Gasteiger charge is -1.93. The molecule has 1 heterocycles. The molecule has 0 radical (unpaired) electrons. The molecule has 0 saturated heterocycles. The Labute approximate surface area is 68.9 Å². The lowest BCUT2D eigenvalue weighted by Crippen LogP contribution is -1.89. The van der Waals surface area contributed by atoms with Gasteiger partial charge >= 0.3 is 0 Å². The third-order valence-corrected chi connectivity index (χ3v) is 2.17. The van der Waals surface area contributed by atoms with Gasteiger partial charge in [0.1, 0.15) is 11.4 Å². The van der Waals surface area contributed by atoms with Gasteiger partial charge in [-0.25, -0.2) is 4.63 Å². The molecule has 0 aromatic carbocycles. The molecule has 0 fully saturated rings. The van der Waals surface area contributed by atoms with Crippen LogP contribution in [0.25, 0.3) is 0 Å². The van der Waals surface area contributed by atoms with Crippen LogP contribution in [0, 0.1) is 6.92 Å². The summed E-state index contributed by atoms with van der Waals surface area (Å²) in [6, 6.07) is 0. The fourth-order valence-electron chi connectivity index (χ4n) is 0.614. The largest absolute Gasteiger partial charge is 0.396 e. The molecule has 0 bridgehead atoms. The number of aliphatic hydroxyl groups excluding tert-OH is 1. The molecule has 1 aromatic rings.